The van der Waals surface area contributed by atoms with E-state index in [0.717, 1.165) is 5.69 Å². The van der Waals surface area contributed by atoms with Crippen LogP contribution in [0.1, 0.15) is 12.0 Å². The minimum atomic E-state index is -0.888. The largest absolute Gasteiger partial charge is 0.481 e. The van der Waals surface area contributed by atoms with E-state index in [1.54, 1.807) is 29.2 Å². The average Bonchev–Trinajstić information content (AvgIpc) is 2.70. The van der Waals surface area contributed by atoms with Crippen LogP contribution in [0.2, 0.25) is 0 Å². The molecule has 0 aromatic heterocycles. The maximum atomic E-state index is 11.8. The monoisotopic (exact) mass is 243 g/mol. The van der Waals surface area contributed by atoms with E-state index in [9.17, 15) is 9.59 Å². The number of rotatable bonds is 3. The molecule has 4 heteroatoms. The van der Waals surface area contributed by atoms with E-state index in [2.05, 4.69) is 5.92 Å². The molecule has 92 valence electrons. The van der Waals surface area contributed by atoms with Gasteiger partial charge < -0.3 is 10.0 Å². The molecule has 1 aliphatic rings. The van der Waals surface area contributed by atoms with E-state index in [-0.39, 0.29) is 18.2 Å². The van der Waals surface area contributed by atoms with Gasteiger partial charge in [-0.1, -0.05) is 12.1 Å². The number of carbonyl (C=O) groups excluding carboxylic acids is 1. The second kappa shape index (κ2) is 4.92. The van der Waals surface area contributed by atoms with Crippen molar-refractivity contribution in [2.45, 2.75) is 12.8 Å². The molecule has 1 aliphatic heterocycles. The SMILES string of the molecule is C#CC1CC(=O)N(c2cccc(CC(=O)O)c2)C1. The van der Waals surface area contributed by atoms with Gasteiger partial charge >= 0.3 is 5.97 Å². The third kappa shape index (κ3) is 2.51. The van der Waals surface area contributed by atoms with Crippen LogP contribution in [0.5, 0.6) is 0 Å². The molecule has 1 amide bonds. The second-order valence-electron chi connectivity index (χ2n) is 4.31. The fourth-order valence-corrected chi connectivity index (χ4v) is 2.08. The molecular formula is C14H13NO3. The first-order chi connectivity index (χ1) is 8.60. The van der Waals surface area contributed by atoms with E-state index in [0.29, 0.717) is 18.5 Å². The highest BCUT2D eigenvalue weighted by molar-refractivity contribution is 5.96. The fourth-order valence-electron chi connectivity index (χ4n) is 2.08. The van der Waals surface area contributed by atoms with Crippen molar-refractivity contribution >= 4 is 17.6 Å². The Morgan fingerprint density at radius 3 is 2.94 bits per heavy atom. The summed E-state index contributed by atoms with van der Waals surface area (Å²) in [6, 6.07) is 7.01. The molecule has 0 radical (unpaired) electrons. The van der Waals surface area contributed by atoms with Crippen molar-refractivity contribution < 1.29 is 14.7 Å². The summed E-state index contributed by atoms with van der Waals surface area (Å²) in [6.45, 7) is 0.506. The summed E-state index contributed by atoms with van der Waals surface area (Å²) in [6.07, 6.45) is 5.64. The van der Waals surface area contributed by atoms with Crippen LogP contribution in [-0.4, -0.2) is 23.5 Å². The molecular weight excluding hydrogens is 230 g/mol. The van der Waals surface area contributed by atoms with Gasteiger partial charge in [0.25, 0.3) is 0 Å². The lowest BCUT2D eigenvalue weighted by Crippen LogP contribution is -2.24. The minimum absolute atomic E-state index is 0.00887. The van der Waals surface area contributed by atoms with Gasteiger partial charge in [-0.15, -0.1) is 12.3 Å². The molecule has 1 atom stereocenters. The van der Waals surface area contributed by atoms with E-state index in [1.807, 2.05) is 0 Å². The number of carboxylic acid groups (broad SMARTS) is 1. The summed E-state index contributed by atoms with van der Waals surface area (Å²) in [7, 11) is 0. The summed E-state index contributed by atoms with van der Waals surface area (Å²) in [4.78, 5) is 24.1. The number of aliphatic carboxylic acids is 1. The highest BCUT2D eigenvalue weighted by Crippen LogP contribution is 2.25. The molecule has 1 unspecified atom stereocenters. The van der Waals surface area contributed by atoms with Gasteiger partial charge in [-0.05, 0) is 17.7 Å². The maximum absolute atomic E-state index is 11.8. The molecule has 2 rings (SSSR count). The van der Waals surface area contributed by atoms with Crippen molar-refractivity contribution in [3.05, 3.63) is 29.8 Å². The molecule has 4 nitrogen and oxygen atoms in total. The Morgan fingerprint density at radius 1 is 1.56 bits per heavy atom. The Morgan fingerprint density at radius 2 is 2.33 bits per heavy atom. The number of hydrogen-bond donors (Lipinski definition) is 1. The number of benzene rings is 1. The fraction of sp³-hybridized carbons (Fsp3) is 0.286. The topological polar surface area (TPSA) is 57.6 Å². The molecule has 1 aromatic carbocycles. The zero-order valence-electron chi connectivity index (χ0n) is 9.80. The van der Waals surface area contributed by atoms with Crippen molar-refractivity contribution in [1.82, 2.24) is 0 Å². The lowest BCUT2D eigenvalue weighted by molar-refractivity contribution is -0.136. The number of hydrogen-bond acceptors (Lipinski definition) is 2. The number of nitrogens with zero attached hydrogens (tertiary/aromatic N) is 1. The first kappa shape index (κ1) is 12.2. The molecule has 1 saturated heterocycles. The smallest absolute Gasteiger partial charge is 0.307 e. The van der Waals surface area contributed by atoms with Gasteiger partial charge in [-0.3, -0.25) is 9.59 Å². The van der Waals surface area contributed by atoms with Crippen molar-refractivity contribution in [3.8, 4) is 12.3 Å². The number of amides is 1. The van der Waals surface area contributed by atoms with Crippen LogP contribution >= 0.6 is 0 Å². The Bertz CT molecular complexity index is 530. The van der Waals surface area contributed by atoms with Crippen LogP contribution < -0.4 is 4.90 Å². The molecule has 1 fully saturated rings. The van der Waals surface area contributed by atoms with Gasteiger partial charge in [0.15, 0.2) is 0 Å². The molecule has 1 aromatic rings. The summed E-state index contributed by atoms with van der Waals surface area (Å²) in [5.41, 5.74) is 1.40. The van der Waals surface area contributed by atoms with E-state index in [1.165, 1.54) is 0 Å². The van der Waals surface area contributed by atoms with Crippen LogP contribution in [-0.2, 0) is 16.0 Å². The van der Waals surface area contributed by atoms with Gasteiger partial charge in [0.05, 0.1) is 6.42 Å². The quantitative estimate of drug-likeness (QED) is 0.814. The van der Waals surface area contributed by atoms with Crippen molar-refractivity contribution in [2.75, 3.05) is 11.4 Å². The van der Waals surface area contributed by atoms with Gasteiger partial charge in [0.2, 0.25) is 5.91 Å². The lowest BCUT2D eigenvalue weighted by atomic mass is 10.1. The zero-order valence-corrected chi connectivity index (χ0v) is 9.80. The standard InChI is InChI=1S/C14H13NO3/c1-2-10-7-13(16)15(9-10)12-5-3-4-11(6-12)8-14(17)18/h1,3-6,10H,7-9H2,(H,17,18). The van der Waals surface area contributed by atoms with E-state index >= 15 is 0 Å². The number of anilines is 1. The maximum Gasteiger partial charge on any atom is 0.307 e. The van der Waals surface area contributed by atoms with Crippen molar-refractivity contribution in [3.63, 3.8) is 0 Å². The molecule has 0 spiro atoms. The number of terminal acetylenes is 1. The number of carbonyl (C=O) groups is 2. The van der Waals surface area contributed by atoms with Crippen LogP contribution in [0.15, 0.2) is 24.3 Å². The Labute approximate surface area is 105 Å². The second-order valence-corrected chi connectivity index (χ2v) is 4.31. The summed E-state index contributed by atoms with van der Waals surface area (Å²) < 4.78 is 0. The Kier molecular flexibility index (Phi) is 3.33. The predicted molar refractivity (Wildman–Crippen MR) is 67.1 cm³/mol. The summed E-state index contributed by atoms with van der Waals surface area (Å²) in [5.74, 6) is 1.63. The predicted octanol–water partition coefficient (Wildman–Crippen LogP) is 1.30. The van der Waals surface area contributed by atoms with Crippen molar-refractivity contribution in [2.24, 2.45) is 5.92 Å². The Hall–Kier alpha value is -2.28. The van der Waals surface area contributed by atoms with Crippen LogP contribution in [0.25, 0.3) is 0 Å². The average molecular weight is 243 g/mol. The van der Waals surface area contributed by atoms with E-state index in [4.69, 9.17) is 11.5 Å². The first-order valence-corrected chi connectivity index (χ1v) is 5.67. The lowest BCUT2D eigenvalue weighted by Gasteiger charge is -2.16. The molecule has 1 N–H and O–H groups in total. The first-order valence-electron chi connectivity index (χ1n) is 5.67. The minimum Gasteiger partial charge on any atom is -0.481 e. The normalized spacial score (nSPS) is 18.7. The highest BCUT2D eigenvalue weighted by Gasteiger charge is 2.29. The molecule has 0 bridgehead atoms. The number of carboxylic acids is 1. The van der Waals surface area contributed by atoms with E-state index < -0.39 is 5.97 Å². The highest BCUT2D eigenvalue weighted by atomic mass is 16.4. The van der Waals surface area contributed by atoms with Crippen LogP contribution in [0, 0.1) is 18.3 Å². The molecule has 1 heterocycles. The van der Waals surface area contributed by atoms with Gasteiger partial charge in [0, 0.05) is 24.6 Å². The summed E-state index contributed by atoms with van der Waals surface area (Å²) >= 11 is 0. The van der Waals surface area contributed by atoms with Crippen LogP contribution in [0.3, 0.4) is 0 Å². The summed E-state index contributed by atoms with van der Waals surface area (Å²) in [5, 5.41) is 8.75. The Balaban J connectivity index is 2.21. The molecule has 0 saturated carbocycles. The third-order valence-corrected chi connectivity index (χ3v) is 2.94. The molecule has 0 aliphatic carbocycles. The van der Waals surface area contributed by atoms with Crippen molar-refractivity contribution in [1.29, 1.82) is 0 Å². The van der Waals surface area contributed by atoms with Gasteiger partial charge in [0.1, 0.15) is 0 Å². The van der Waals surface area contributed by atoms with Gasteiger partial charge in [-0.2, -0.15) is 0 Å². The van der Waals surface area contributed by atoms with Gasteiger partial charge in [-0.25, -0.2) is 0 Å². The zero-order chi connectivity index (χ0) is 13.1. The van der Waals surface area contributed by atoms with Crippen LogP contribution in [0.4, 0.5) is 5.69 Å². The molecule has 18 heavy (non-hydrogen) atoms. The third-order valence-electron chi connectivity index (χ3n) is 2.94.